The molecule has 0 unspecified atom stereocenters. The Morgan fingerprint density at radius 3 is 2.39 bits per heavy atom. The summed E-state index contributed by atoms with van der Waals surface area (Å²) in [6.45, 7) is -0.925. The van der Waals surface area contributed by atoms with E-state index in [1.807, 2.05) is 0 Å². The zero-order valence-corrected chi connectivity index (χ0v) is 19.1. The number of nitrogens with zero attached hydrogens (tertiary/aromatic N) is 1. The minimum absolute atomic E-state index is 0.0133. The van der Waals surface area contributed by atoms with Crippen molar-refractivity contribution in [3.8, 4) is 11.5 Å². The van der Waals surface area contributed by atoms with Gasteiger partial charge < -0.3 is 14.4 Å². The van der Waals surface area contributed by atoms with Gasteiger partial charge in [-0.3, -0.25) is 4.79 Å². The molecule has 0 spiro atoms. The van der Waals surface area contributed by atoms with Crippen LogP contribution in [0.4, 0.5) is 23.2 Å². The summed E-state index contributed by atoms with van der Waals surface area (Å²) in [4.78, 5) is 14.0. The first-order valence-corrected chi connectivity index (χ1v) is 11.8. The average Bonchev–Trinajstić information content (AvgIpc) is 2.63. The topological polar surface area (TPSA) is 84.9 Å². The Balaban J connectivity index is 1.67. The third kappa shape index (κ3) is 6.78. The molecule has 0 saturated carbocycles. The summed E-state index contributed by atoms with van der Waals surface area (Å²) in [6.07, 6.45) is -4.22. The Morgan fingerprint density at radius 2 is 1.82 bits per heavy atom. The van der Waals surface area contributed by atoms with Gasteiger partial charge in [-0.05, 0) is 24.3 Å². The molecular formula is C19H16Cl2F4N2O5S. The van der Waals surface area contributed by atoms with E-state index in [9.17, 15) is 30.8 Å². The van der Waals surface area contributed by atoms with E-state index in [1.54, 1.807) is 9.62 Å². The van der Waals surface area contributed by atoms with E-state index < -0.39 is 45.7 Å². The molecule has 7 nitrogen and oxygen atoms in total. The second-order valence-corrected chi connectivity index (χ2v) is 9.69. The lowest BCUT2D eigenvalue weighted by Crippen LogP contribution is -2.54. The maximum absolute atomic E-state index is 13.9. The lowest BCUT2D eigenvalue weighted by Gasteiger charge is -2.41. The Labute approximate surface area is 196 Å². The summed E-state index contributed by atoms with van der Waals surface area (Å²) in [5.41, 5.74) is 0.316. The van der Waals surface area contributed by atoms with Crippen molar-refractivity contribution < 1.29 is 40.2 Å². The lowest BCUT2D eigenvalue weighted by atomic mass is 10.1. The maximum atomic E-state index is 13.9. The minimum atomic E-state index is -4.50. The molecule has 1 N–H and O–H groups in total. The van der Waals surface area contributed by atoms with Gasteiger partial charge in [0.05, 0.1) is 35.0 Å². The van der Waals surface area contributed by atoms with Crippen LogP contribution in [0.15, 0.2) is 30.3 Å². The van der Waals surface area contributed by atoms with Crippen LogP contribution in [0, 0.1) is 5.82 Å². The van der Waals surface area contributed by atoms with Gasteiger partial charge in [-0.15, -0.1) is 0 Å². The molecule has 0 radical (unpaired) electrons. The van der Waals surface area contributed by atoms with Gasteiger partial charge in [0, 0.05) is 11.8 Å². The first kappa shape index (κ1) is 25.2. The molecule has 33 heavy (non-hydrogen) atoms. The van der Waals surface area contributed by atoms with Crippen molar-refractivity contribution in [2.24, 2.45) is 0 Å². The first-order valence-electron chi connectivity index (χ1n) is 9.14. The maximum Gasteiger partial charge on any atom is 0.422 e. The number of carbonyl (C=O) groups excluding carboxylic acids is 1. The Bertz CT molecular complexity index is 1170. The van der Waals surface area contributed by atoms with E-state index in [4.69, 9.17) is 27.9 Å². The largest absolute Gasteiger partial charge is 0.486 e. The van der Waals surface area contributed by atoms with Gasteiger partial charge in [-0.2, -0.15) is 13.2 Å². The Kier molecular flexibility index (Phi) is 7.20. The van der Waals surface area contributed by atoms with Gasteiger partial charge in [0.2, 0.25) is 10.0 Å². The third-order valence-electron chi connectivity index (χ3n) is 4.36. The number of benzene rings is 2. The summed E-state index contributed by atoms with van der Waals surface area (Å²) in [5, 5.41) is -0.403. The smallest absolute Gasteiger partial charge is 0.422 e. The van der Waals surface area contributed by atoms with Crippen LogP contribution in [0.25, 0.3) is 0 Å². The fraction of sp³-hybridized carbons (Fsp3) is 0.316. The molecule has 0 atom stereocenters. The number of sulfonamides is 1. The molecule has 0 bridgehead atoms. The quantitative estimate of drug-likeness (QED) is 0.544. The number of amides is 1. The fourth-order valence-electron chi connectivity index (χ4n) is 2.89. The van der Waals surface area contributed by atoms with Crippen LogP contribution in [-0.2, 0) is 10.0 Å². The molecule has 1 aliphatic heterocycles. The van der Waals surface area contributed by atoms with Gasteiger partial charge in [0.25, 0.3) is 5.91 Å². The Morgan fingerprint density at radius 1 is 1.15 bits per heavy atom. The fourth-order valence-corrected chi connectivity index (χ4v) is 3.73. The highest BCUT2D eigenvalue weighted by atomic mass is 35.5. The van der Waals surface area contributed by atoms with Crippen molar-refractivity contribution in [3.05, 3.63) is 51.8 Å². The molecule has 1 amide bonds. The highest BCUT2D eigenvalue weighted by molar-refractivity contribution is 7.89. The average molecular weight is 531 g/mol. The zero-order valence-electron chi connectivity index (χ0n) is 16.7. The van der Waals surface area contributed by atoms with Gasteiger partial charge in [-0.25, -0.2) is 17.5 Å². The molecule has 0 aromatic heterocycles. The van der Waals surface area contributed by atoms with Gasteiger partial charge in [0.1, 0.15) is 23.4 Å². The molecular weight excluding hydrogens is 515 g/mol. The standard InChI is InChI=1S/C19H16Cl2F4N2O5S/c1-33(29,30)26-18(28)12-5-13(20)15(22)6-17(12)32-11-7-27(8-11)10-2-3-16(14(21)4-10)31-9-19(23,24)25/h2-6,11H,7-9H2,1H3,(H,26,28). The van der Waals surface area contributed by atoms with Crippen LogP contribution < -0.4 is 19.1 Å². The summed E-state index contributed by atoms with van der Waals surface area (Å²) in [7, 11) is -3.88. The van der Waals surface area contributed by atoms with Crippen molar-refractivity contribution in [3.63, 3.8) is 0 Å². The van der Waals surface area contributed by atoms with Crippen LogP contribution in [-0.4, -0.2) is 52.6 Å². The Hall–Kier alpha value is -2.44. The van der Waals surface area contributed by atoms with Crippen molar-refractivity contribution in [1.82, 2.24) is 4.72 Å². The number of carbonyl (C=O) groups is 1. The molecule has 2 aromatic carbocycles. The van der Waals surface area contributed by atoms with E-state index in [-0.39, 0.29) is 35.2 Å². The molecule has 14 heteroatoms. The first-order chi connectivity index (χ1) is 15.2. The number of hydrogen-bond donors (Lipinski definition) is 1. The molecule has 0 aliphatic carbocycles. The molecule has 180 valence electrons. The number of halogens is 6. The lowest BCUT2D eigenvalue weighted by molar-refractivity contribution is -0.153. The van der Waals surface area contributed by atoms with Gasteiger partial charge in [-0.1, -0.05) is 23.2 Å². The minimum Gasteiger partial charge on any atom is -0.486 e. The normalized spacial score (nSPS) is 14.6. The number of ether oxygens (including phenoxy) is 2. The predicted octanol–water partition coefficient (Wildman–Crippen LogP) is 4.03. The second kappa shape index (κ2) is 9.43. The monoisotopic (exact) mass is 530 g/mol. The number of rotatable bonds is 7. The van der Waals surface area contributed by atoms with Crippen molar-refractivity contribution in [2.45, 2.75) is 12.3 Å². The molecule has 2 aromatic rings. The number of nitrogens with one attached hydrogen (secondary N) is 1. The highest BCUT2D eigenvalue weighted by Crippen LogP contribution is 2.34. The summed E-state index contributed by atoms with van der Waals surface area (Å²) < 4.78 is 85.6. The van der Waals surface area contributed by atoms with E-state index in [1.165, 1.54) is 18.2 Å². The summed E-state index contributed by atoms with van der Waals surface area (Å²) >= 11 is 11.7. The second-order valence-electron chi connectivity index (χ2n) is 7.13. The van der Waals surface area contributed by atoms with Gasteiger partial charge in [0.15, 0.2) is 6.61 Å². The molecule has 1 fully saturated rings. The zero-order chi connectivity index (χ0) is 24.6. The third-order valence-corrected chi connectivity index (χ3v) is 5.50. The van der Waals surface area contributed by atoms with Crippen molar-refractivity contribution >= 4 is 44.8 Å². The summed E-state index contributed by atoms with van der Waals surface area (Å²) in [6, 6.07) is 6.09. The van der Waals surface area contributed by atoms with E-state index in [0.29, 0.717) is 5.69 Å². The number of anilines is 1. The molecule has 3 rings (SSSR count). The number of alkyl halides is 3. The SMILES string of the molecule is CS(=O)(=O)NC(=O)c1cc(Cl)c(F)cc1OC1CN(c2ccc(OCC(F)(F)F)c(Cl)c2)C1. The van der Waals surface area contributed by atoms with Crippen molar-refractivity contribution in [2.75, 3.05) is 30.9 Å². The van der Waals surface area contributed by atoms with Crippen LogP contribution >= 0.6 is 23.2 Å². The van der Waals surface area contributed by atoms with E-state index in [0.717, 1.165) is 18.4 Å². The predicted molar refractivity (Wildman–Crippen MR) is 113 cm³/mol. The van der Waals surface area contributed by atoms with E-state index >= 15 is 0 Å². The van der Waals surface area contributed by atoms with Crippen LogP contribution in [0.1, 0.15) is 10.4 Å². The number of hydrogen-bond acceptors (Lipinski definition) is 6. The van der Waals surface area contributed by atoms with Crippen LogP contribution in [0.3, 0.4) is 0 Å². The van der Waals surface area contributed by atoms with E-state index in [2.05, 4.69) is 4.74 Å². The summed E-state index contributed by atoms with van der Waals surface area (Å²) in [5.74, 6) is -2.22. The van der Waals surface area contributed by atoms with Crippen molar-refractivity contribution in [1.29, 1.82) is 0 Å². The molecule has 1 saturated heterocycles. The highest BCUT2D eigenvalue weighted by Gasteiger charge is 2.32. The van der Waals surface area contributed by atoms with Crippen LogP contribution in [0.2, 0.25) is 10.0 Å². The molecule has 1 aliphatic rings. The van der Waals surface area contributed by atoms with Crippen LogP contribution in [0.5, 0.6) is 11.5 Å². The van der Waals surface area contributed by atoms with Gasteiger partial charge >= 0.3 is 6.18 Å². The molecule has 1 heterocycles.